The first-order valence-corrected chi connectivity index (χ1v) is 7.88. The van der Waals surface area contributed by atoms with Gasteiger partial charge in [0, 0.05) is 13.1 Å². The van der Waals surface area contributed by atoms with Crippen LogP contribution in [0, 0.1) is 6.92 Å². The van der Waals surface area contributed by atoms with Crippen LogP contribution in [0.4, 0.5) is 5.13 Å². The van der Waals surface area contributed by atoms with Crippen LogP contribution in [0.15, 0.2) is 18.2 Å². The normalized spacial score (nSPS) is 11.4. The van der Waals surface area contributed by atoms with Crippen molar-refractivity contribution in [2.45, 2.75) is 27.2 Å². The number of anilines is 1. The lowest BCUT2D eigenvalue weighted by molar-refractivity contribution is 0.300. The largest absolute Gasteiger partial charge is 0.360 e. The van der Waals surface area contributed by atoms with E-state index in [4.69, 9.17) is 0 Å². The molecule has 0 fully saturated rings. The lowest BCUT2D eigenvalue weighted by atomic mass is 10.2. The third-order valence-electron chi connectivity index (χ3n) is 3.23. The van der Waals surface area contributed by atoms with Crippen LogP contribution < -0.4 is 5.32 Å². The van der Waals surface area contributed by atoms with Gasteiger partial charge in [0.05, 0.1) is 10.2 Å². The first-order valence-electron chi connectivity index (χ1n) is 7.06. The fourth-order valence-electron chi connectivity index (χ4n) is 2.18. The van der Waals surface area contributed by atoms with E-state index in [0.29, 0.717) is 0 Å². The van der Waals surface area contributed by atoms with Gasteiger partial charge >= 0.3 is 0 Å². The molecule has 3 nitrogen and oxygen atoms in total. The summed E-state index contributed by atoms with van der Waals surface area (Å²) in [5.41, 5.74) is 2.37. The minimum absolute atomic E-state index is 0.965. The van der Waals surface area contributed by atoms with Crippen molar-refractivity contribution >= 4 is 26.7 Å². The highest BCUT2D eigenvalue weighted by atomic mass is 32.1. The Hall–Kier alpha value is -1.13. The number of aromatic nitrogens is 1. The van der Waals surface area contributed by atoms with Crippen molar-refractivity contribution in [2.24, 2.45) is 0 Å². The van der Waals surface area contributed by atoms with Crippen molar-refractivity contribution in [3.63, 3.8) is 0 Å². The number of hydrogen-bond donors (Lipinski definition) is 1. The lowest BCUT2D eigenvalue weighted by Crippen LogP contribution is -2.29. The number of thiazole rings is 1. The van der Waals surface area contributed by atoms with E-state index >= 15 is 0 Å². The van der Waals surface area contributed by atoms with E-state index in [1.807, 2.05) is 0 Å². The average Bonchev–Trinajstić information content (AvgIpc) is 2.79. The molecule has 0 amide bonds. The molecule has 0 spiro atoms. The summed E-state index contributed by atoms with van der Waals surface area (Å²) in [7, 11) is 0. The Morgan fingerprint density at radius 2 is 2.11 bits per heavy atom. The van der Waals surface area contributed by atoms with Crippen LogP contribution in [0.5, 0.6) is 0 Å². The quantitative estimate of drug-likeness (QED) is 0.835. The van der Waals surface area contributed by atoms with Crippen molar-refractivity contribution in [3.8, 4) is 0 Å². The Morgan fingerprint density at radius 1 is 1.26 bits per heavy atom. The van der Waals surface area contributed by atoms with E-state index in [0.717, 1.165) is 30.3 Å². The predicted molar refractivity (Wildman–Crippen MR) is 85.3 cm³/mol. The summed E-state index contributed by atoms with van der Waals surface area (Å²) >= 11 is 1.74. The minimum Gasteiger partial charge on any atom is -0.360 e. The van der Waals surface area contributed by atoms with Crippen LogP contribution in [-0.2, 0) is 0 Å². The van der Waals surface area contributed by atoms with Gasteiger partial charge in [0.2, 0.25) is 0 Å². The molecule has 0 bridgehead atoms. The standard InChI is InChI=1S/C15H23N3S/c1-4-9-18(5-2)10-8-16-15-17-13-11-12(3)6-7-14(13)19-15/h6-7,11H,4-5,8-10H2,1-3H3,(H,16,17). The summed E-state index contributed by atoms with van der Waals surface area (Å²) in [4.78, 5) is 7.09. The summed E-state index contributed by atoms with van der Waals surface area (Å²) in [5, 5.41) is 4.48. The molecule has 0 radical (unpaired) electrons. The van der Waals surface area contributed by atoms with Gasteiger partial charge in [-0.05, 0) is 44.1 Å². The highest BCUT2D eigenvalue weighted by Gasteiger charge is 2.04. The van der Waals surface area contributed by atoms with Gasteiger partial charge < -0.3 is 10.2 Å². The van der Waals surface area contributed by atoms with Crippen LogP contribution in [0.3, 0.4) is 0 Å². The molecule has 0 unspecified atom stereocenters. The molecular formula is C15H23N3S. The molecule has 4 heteroatoms. The third kappa shape index (κ3) is 3.91. The van der Waals surface area contributed by atoms with Gasteiger partial charge in [-0.3, -0.25) is 0 Å². The van der Waals surface area contributed by atoms with Gasteiger partial charge in [0.25, 0.3) is 0 Å². The highest BCUT2D eigenvalue weighted by Crippen LogP contribution is 2.26. The Bertz CT molecular complexity index is 521. The van der Waals surface area contributed by atoms with Crippen molar-refractivity contribution < 1.29 is 0 Å². The summed E-state index contributed by atoms with van der Waals surface area (Å²) < 4.78 is 1.26. The molecule has 2 aromatic rings. The summed E-state index contributed by atoms with van der Waals surface area (Å²) in [6, 6.07) is 6.44. The molecular weight excluding hydrogens is 254 g/mol. The first kappa shape index (κ1) is 14.3. The summed E-state index contributed by atoms with van der Waals surface area (Å²) in [6.45, 7) is 10.9. The second-order valence-electron chi connectivity index (χ2n) is 4.85. The molecule has 19 heavy (non-hydrogen) atoms. The van der Waals surface area contributed by atoms with Gasteiger partial charge in [-0.2, -0.15) is 0 Å². The second-order valence-corrected chi connectivity index (χ2v) is 5.88. The van der Waals surface area contributed by atoms with E-state index in [1.165, 1.54) is 23.2 Å². The summed E-state index contributed by atoms with van der Waals surface area (Å²) in [6.07, 6.45) is 1.22. The zero-order valence-corrected chi connectivity index (χ0v) is 12.9. The monoisotopic (exact) mass is 277 g/mol. The molecule has 2 rings (SSSR count). The molecule has 0 aliphatic heterocycles. The van der Waals surface area contributed by atoms with E-state index in [9.17, 15) is 0 Å². The van der Waals surface area contributed by atoms with Gasteiger partial charge in [0.1, 0.15) is 0 Å². The molecule has 0 saturated heterocycles. The number of fused-ring (bicyclic) bond motifs is 1. The van der Waals surface area contributed by atoms with Crippen LogP contribution in [0.1, 0.15) is 25.8 Å². The molecule has 1 heterocycles. The summed E-state index contributed by atoms with van der Waals surface area (Å²) in [5.74, 6) is 0. The molecule has 1 aromatic heterocycles. The van der Waals surface area contributed by atoms with Gasteiger partial charge in [-0.25, -0.2) is 4.98 Å². The lowest BCUT2D eigenvalue weighted by Gasteiger charge is -2.19. The SMILES string of the molecule is CCCN(CC)CCNc1nc2cc(C)ccc2s1. The minimum atomic E-state index is 0.965. The van der Waals surface area contributed by atoms with E-state index in [2.05, 4.69) is 54.2 Å². The number of aryl methyl sites for hydroxylation is 1. The number of hydrogen-bond acceptors (Lipinski definition) is 4. The van der Waals surface area contributed by atoms with E-state index in [-0.39, 0.29) is 0 Å². The van der Waals surface area contributed by atoms with Crippen LogP contribution in [0.2, 0.25) is 0 Å². The smallest absolute Gasteiger partial charge is 0.183 e. The number of nitrogens with one attached hydrogen (secondary N) is 1. The molecule has 1 N–H and O–H groups in total. The van der Waals surface area contributed by atoms with Crippen molar-refractivity contribution in [1.29, 1.82) is 0 Å². The van der Waals surface area contributed by atoms with E-state index in [1.54, 1.807) is 11.3 Å². The van der Waals surface area contributed by atoms with Gasteiger partial charge in [-0.15, -0.1) is 0 Å². The van der Waals surface area contributed by atoms with Crippen LogP contribution in [0.25, 0.3) is 10.2 Å². The zero-order valence-electron chi connectivity index (χ0n) is 12.1. The maximum Gasteiger partial charge on any atom is 0.183 e. The predicted octanol–water partition coefficient (Wildman–Crippen LogP) is 3.75. The Labute approximate surface area is 119 Å². The van der Waals surface area contributed by atoms with Gasteiger partial charge in [0.15, 0.2) is 5.13 Å². The first-order chi connectivity index (χ1) is 9.22. The number of benzene rings is 1. The van der Waals surface area contributed by atoms with Crippen molar-refractivity contribution in [2.75, 3.05) is 31.5 Å². The van der Waals surface area contributed by atoms with Crippen LogP contribution in [-0.4, -0.2) is 36.1 Å². The molecule has 104 valence electrons. The van der Waals surface area contributed by atoms with Crippen molar-refractivity contribution in [1.82, 2.24) is 9.88 Å². The number of likely N-dealkylation sites (N-methyl/N-ethyl adjacent to an activating group) is 1. The maximum atomic E-state index is 4.63. The maximum absolute atomic E-state index is 4.63. The van der Waals surface area contributed by atoms with E-state index < -0.39 is 0 Å². The second kappa shape index (κ2) is 6.87. The Kier molecular flexibility index (Phi) is 5.16. The average molecular weight is 277 g/mol. The topological polar surface area (TPSA) is 28.2 Å². The molecule has 0 saturated carbocycles. The fraction of sp³-hybridized carbons (Fsp3) is 0.533. The van der Waals surface area contributed by atoms with Crippen LogP contribution >= 0.6 is 11.3 Å². The Balaban J connectivity index is 1.91. The Morgan fingerprint density at radius 3 is 2.84 bits per heavy atom. The third-order valence-corrected chi connectivity index (χ3v) is 4.23. The highest BCUT2D eigenvalue weighted by molar-refractivity contribution is 7.22. The molecule has 0 aliphatic carbocycles. The molecule has 0 atom stereocenters. The number of nitrogens with zero attached hydrogens (tertiary/aromatic N) is 2. The fourth-order valence-corrected chi connectivity index (χ4v) is 3.05. The van der Waals surface area contributed by atoms with Gasteiger partial charge in [-0.1, -0.05) is 31.3 Å². The zero-order chi connectivity index (χ0) is 13.7. The van der Waals surface area contributed by atoms with Crippen molar-refractivity contribution in [3.05, 3.63) is 23.8 Å². The molecule has 0 aliphatic rings. The molecule has 1 aromatic carbocycles. The number of rotatable bonds is 7.